The first kappa shape index (κ1) is 23.2. The van der Waals surface area contributed by atoms with E-state index in [1.807, 2.05) is 47.2 Å². The molecule has 2 aromatic carbocycles. The van der Waals surface area contributed by atoms with Crippen LogP contribution < -0.4 is 16.1 Å². The van der Waals surface area contributed by atoms with Crippen molar-refractivity contribution in [2.45, 2.75) is 6.54 Å². The van der Waals surface area contributed by atoms with Crippen LogP contribution in [0.25, 0.3) is 0 Å². The summed E-state index contributed by atoms with van der Waals surface area (Å²) in [5, 5.41) is 5.46. The van der Waals surface area contributed by atoms with Gasteiger partial charge >= 0.3 is 0 Å². The van der Waals surface area contributed by atoms with Gasteiger partial charge in [0.25, 0.3) is 11.8 Å². The Hall–Kier alpha value is -3.42. The summed E-state index contributed by atoms with van der Waals surface area (Å²) >= 11 is 11.8. The summed E-state index contributed by atoms with van der Waals surface area (Å²) in [6.07, 6.45) is 1.83. The van der Waals surface area contributed by atoms with Crippen molar-refractivity contribution in [3.05, 3.63) is 99.6 Å². The average molecular weight is 471 g/mol. The summed E-state index contributed by atoms with van der Waals surface area (Å²) in [7, 11) is 0. The second kappa shape index (κ2) is 11.3. The van der Waals surface area contributed by atoms with Gasteiger partial charge in [0.15, 0.2) is 0 Å². The van der Waals surface area contributed by atoms with Crippen molar-refractivity contribution in [3.63, 3.8) is 0 Å². The summed E-state index contributed by atoms with van der Waals surface area (Å²) in [5.74, 6) is -1.57. The summed E-state index contributed by atoms with van der Waals surface area (Å²) in [5.41, 5.74) is 1.74. The summed E-state index contributed by atoms with van der Waals surface area (Å²) in [6, 6.07) is 19.6. The van der Waals surface area contributed by atoms with Crippen molar-refractivity contribution >= 4 is 40.9 Å². The number of hydrogen-bond acceptors (Lipinski definition) is 3. The van der Waals surface area contributed by atoms with Crippen LogP contribution in [0.3, 0.4) is 0 Å². The first-order valence-corrected chi connectivity index (χ1v) is 10.4. The van der Waals surface area contributed by atoms with Gasteiger partial charge in [-0.2, -0.15) is 4.99 Å². The van der Waals surface area contributed by atoms with E-state index in [9.17, 15) is 14.4 Å². The molecule has 32 heavy (non-hydrogen) atoms. The highest BCUT2D eigenvalue weighted by molar-refractivity contribution is 6.36. The van der Waals surface area contributed by atoms with Crippen LogP contribution in [0.4, 0.5) is 0 Å². The number of carbonyl (C=O) groups is 3. The molecule has 0 saturated heterocycles. The molecule has 0 saturated carbocycles. The second-order valence-corrected chi connectivity index (χ2v) is 7.61. The highest BCUT2D eigenvalue weighted by Crippen LogP contribution is 2.20. The number of hydrogen-bond donors (Lipinski definition) is 2. The summed E-state index contributed by atoms with van der Waals surface area (Å²) < 4.78 is 1.84. The molecule has 7 nitrogen and oxygen atoms in total. The molecule has 0 bridgehead atoms. The van der Waals surface area contributed by atoms with E-state index in [2.05, 4.69) is 15.6 Å². The Morgan fingerprint density at radius 2 is 1.62 bits per heavy atom. The van der Waals surface area contributed by atoms with Crippen LogP contribution in [0, 0.1) is 0 Å². The first-order valence-electron chi connectivity index (χ1n) is 9.69. The van der Waals surface area contributed by atoms with Gasteiger partial charge in [-0.25, -0.2) is 0 Å². The van der Waals surface area contributed by atoms with Gasteiger partial charge in [-0.15, -0.1) is 0 Å². The molecule has 3 amide bonds. The number of rotatable bonds is 7. The molecule has 1 aromatic heterocycles. The lowest BCUT2D eigenvalue weighted by Crippen LogP contribution is -2.39. The third-order valence-electron chi connectivity index (χ3n) is 4.37. The number of nitrogens with one attached hydrogen (secondary N) is 2. The van der Waals surface area contributed by atoms with Gasteiger partial charge in [-0.05, 0) is 35.9 Å². The van der Waals surface area contributed by atoms with E-state index in [1.54, 1.807) is 12.1 Å². The number of amides is 3. The van der Waals surface area contributed by atoms with E-state index in [4.69, 9.17) is 23.2 Å². The Balaban J connectivity index is 1.54. The molecule has 0 aliphatic rings. The Labute approximate surface area is 194 Å². The van der Waals surface area contributed by atoms with Crippen LogP contribution in [-0.2, 0) is 16.1 Å². The van der Waals surface area contributed by atoms with Gasteiger partial charge in [-0.1, -0.05) is 59.6 Å². The van der Waals surface area contributed by atoms with E-state index in [-0.39, 0.29) is 23.7 Å². The molecule has 0 radical (unpaired) electrons. The number of halogens is 2. The smallest absolute Gasteiger partial charge is 0.267 e. The van der Waals surface area contributed by atoms with Crippen LogP contribution in [0.1, 0.15) is 15.9 Å². The van der Waals surface area contributed by atoms with Gasteiger partial charge in [-0.3, -0.25) is 14.4 Å². The fraction of sp³-hybridized carbons (Fsp3) is 0.130. The van der Waals surface area contributed by atoms with E-state index in [1.165, 1.54) is 18.2 Å². The van der Waals surface area contributed by atoms with Gasteiger partial charge < -0.3 is 15.2 Å². The fourth-order valence-corrected chi connectivity index (χ4v) is 3.31. The Bertz CT molecular complexity index is 1190. The third kappa shape index (κ3) is 6.80. The van der Waals surface area contributed by atoms with E-state index < -0.39 is 17.7 Å². The van der Waals surface area contributed by atoms with Crippen molar-refractivity contribution in [2.75, 3.05) is 13.1 Å². The minimum Gasteiger partial charge on any atom is -0.345 e. The quantitative estimate of drug-likeness (QED) is 0.555. The first-order chi connectivity index (χ1) is 15.4. The minimum absolute atomic E-state index is 0.177. The molecular formula is C23H20Cl2N4O3. The highest BCUT2D eigenvalue weighted by atomic mass is 35.5. The molecule has 0 fully saturated rings. The monoisotopic (exact) mass is 470 g/mol. The number of nitrogens with zero attached hydrogens (tertiary/aromatic N) is 2. The topological polar surface area (TPSA) is 92.6 Å². The van der Waals surface area contributed by atoms with Crippen molar-refractivity contribution in [1.29, 1.82) is 0 Å². The molecule has 0 spiro atoms. The van der Waals surface area contributed by atoms with Gasteiger partial charge in [0, 0.05) is 17.8 Å². The van der Waals surface area contributed by atoms with Crippen molar-refractivity contribution < 1.29 is 14.4 Å². The molecule has 3 aromatic rings. The maximum Gasteiger partial charge on any atom is 0.267 e. The largest absolute Gasteiger partial charge is 0.345 e. The minimum atomic E-state index is -0.530. The SMILES string of the molecule is O=C(CNC(=O)CNC(=O)c1ccc(Cl)cc1Cl)N=c1ccccn1Cc1ccccc1. The van der Waals surface area contributed by atoms with Crippen LogP contribution in [0.15, 0.2) is 77.9 Å². The predicted octanol–water partition coefficient (Wildman–Crippen LogP) is 2.82. The zero-order chi connectivity index (χ0) is 22.9. The van der Waals surface area contributed by atoms with Crippen LogP contribution in [0.2, 0.25) is 10.0 Å². The zero-order valence-electron chi connectivity index (χ0n) is 16.9. The molecule has 0 atom stereocenters. The Kier molecular flexibility index (Phi) is 8.19. The fourth-order valence-electron chi connectivity index (χ4n) is 2.82. The summed E-state index contributed by atoms with van der Waals surface area (Å²) in [6.45, 7) is -0.0551. The lowest BCUT2D eigenvalue weighted by Gasteiger charge is -2.08. The Morgan fingerprint density at radius 3 is 2.38 bits per heavy atom. The average Bonchev–Trinajstić information content (AvgIpc) is 2.78. The number of pyridine rings is 1. The van der Waals surface area contributed by atoms with E-state index in [0.717, 1.165) is 5.56 Å². The standard InChI is InChI=1S/C23H20Cl2N4O3/c24-17-9-10-18(19(25)12-17)23(32)27-13-21(30)26-14-22(31)28-20-8-4-5-11-29(20)15-16-6-2-1-3-7-16/h1-12H,13-15H2,(H,26,30)(H,27,32). The molecule has 0 aliphatic carbocycles. The lowest BCUT2D eigenvalue weighted by molar-refractivity contribution is -0.124. The molecule has 2 N–H and O–H groups in total. The maximum atomic E-state index is 12.2. The van der Waals surface area contributed by atoms with Crippen LogP contribution >= 0.6 is 23.2 Å². The molecule has 9 heteroatoms. The van der Waals surface area contributed by atoms with Gasteiger partial charge in [0.05, 0.1) is 23.7 Å². The maximum absolute atomic E-state index is 12.2. The van der Waals surface area contributed by atoms with E-state index >= 15 is 0 Å². The van der Waals surface area contributed by atoms with Crippen LogP contribution in [-0.4, -0.2) is 35.4 Å². The van der Waals surface area contributed by atoms with Crippen molar-refractivity contribution in [3.8, 4) is 0 Å². The molecule has 1 heterocycles. The van der Waals surface area contributed by atoms with Gasteiger partial charge in [0.2, 0.25) is 5.91 Å². The molecular weight excluding hydrogens is 451 g/mol. The number of aromatic nitrogens is 1. The zero-order valence-corrected chi connectivity index (χ0v) is 18.4. The predicted molar refractivity (Wildman–Crippen MR) is 122 cm³/mol. The van der Waals surface area contributed by atoms with Crippen LogP contribution in [0.5, 0.6) is 0 Å². The lowest BCUT2D eigenvalue weighted by atomic mass is 10.2. The van der Waals surface area contributed by atoms with E-state index in [0.29, 0.717) is 17.1 Å². The van der Waals surface area contributed by atoms with Gasteiger partial charge in [0.1, 0.15) is 5.49 Å². The Morgan fingerprint density at radius 1 is 0.875 bits per heavy atom. The molecule has 0 aliphatic heterocycles. The van der Waals surface area contributed by atoms with Crippen molar-refractivity contribution in [1.82, 2.24) is 15.2 Å². The number of carbonyl (C=O) groups excluding carboxylic acids is 3. The molecule has 3 rings (SSSR count). The molecule has 0 unspecified atom stereocenters. The van der Waals surface area contributed by atoms with Crippen molar-refractivity contribution in [2.24, 2.45) is 4.99 Å². The summed E-state index contributed by atoms with van der Waals surface area (Å²) in [4.78, 5) is 40.5. The normalized spacial score (nSPS) is 11.1. The number of benzene rings is 2. The molecule has 164 valence electrons. The third-order valence-corrected chi connectivity index (χ3v) is 4.92. The highest BCUT2D eigenvalue weighted by Gasteiger charge is 2.12. The second-order valence-electron chi connectivity index (χ2n) is 6.76.